The van der Waals surface area contributed by atoms with Crippen LogP contribution in [0.3, 0.4) is 0 Å². The zero-order valence-electron chi connectivity index (χ0n) is 14.9. The molecule has 6 nitrogen and oxygen atoms in total. The first-order valence-electron chi connectivity index (χ1n) is 8.30. The molecule has 2 aromatic carbocycles. The smallest absolute Gasteiger partial charge is 0.240 e. The van der Waals surface area contributed by atoms with Crippen molar-refractivity contribution in [2.24, 2.45) is 10.2 Å². The third-order valence-corrected chi connectivity index (χ3v) is 3.54. The summed E-state index contributed by atoms with van der Waals surface area (Å²) in [6.07, 6.45) is 3.20. The van der Waals surface area contributed by atoms with E-state index in [-0.39, 0.29) is 24.7 Å². The number of hydrogen-bond donors (Lipinski definition) is 2. The summed E-state index contributed by atoms with van der Waals surface area (Å²) in [6.45, 7) is 4.00. The number of benzene rings is 2. The van der Waals surface area contributed by atoms with Crippen LogP contribution in [0.5, 0.6) is 0 Å². The highest BCUT2D eigenvalue weighted by atomic mass is 16.2. The van der Waals surface area contributed by atoms with E-state index in [4.69, 9.17) is 0 Å². The number of hydrogen-bond acceptors (Lipinski definition) is 4. The molecule has 0 heterocycles. The summed E-state index contributed by atoms with van der Waals surface area (Å²) in [6, 6.07) is 15.5. The highest BCUT2D eigenvalue weighted by Gasteiger charge is 2.05. The number of amides is 2. The van der Waals surface area contributed by atoms with Crippen LogP contribution in [0.2, 0.25) is 0 Å². The second-order valence-electron chi connectivity index (χ2n) is 5.91. The topological polar surface area (TPSA) is 82.9 Å². The van der Waals surface area contributed by atoms with E-state index in [1.165, 1.54) is 0 Å². The largest absolute Gasteiger partial charge is 0.273 e. The van der Waals surface area contributed by atoms with Crippen molar-refractivity contribution in [2.75, 3.05) is 0 Å². The summed E-state index contributed by atoms with van der Waals surface area (Å²) >= 11 is 0. The first kappa shape index (κ1) is 19.1. The number of carbonyl (C=O) groups is 2. The van der Waals surface area contributed by atoms with E-state index in [1.54, 1.807) is 12.4 Å². The summed E-state index contributed by atoms with van der Waals surface area (Å²) in [5.41, 5.74) is 8.89. The van der Waals surface area contributed by atoms with E-state index in [9.17, 15) is 9.59 Å². The van der Waals surface area contributed by atoms with E-state index in [0.29, 0.717) is 0 Å². The molecule has 0 unspecified atom stereocenters. The van der Waals surface area contributed by atoms with Gasteiger partial charge in [0.1, 0.15) is 0 Å². The maximum absolute atomic E-state index is 11.7. The van der Waals surface area contributed by atoms with E-state index in [1.807, 2.05) is 62.4 Å². The minimum atomic E-state index is -0.328. The Hall–Kier alpha value is -3.28. The van der Waals surface area contributed by atoms with Crippen molar-refractivity contribution in [1.82, 2.24) is 10.9 Å². The van der Waals surface area contributed by atoms with Gasteiger partial charge in [-0.1, -0.05) is 59.7 Å². The molecule has 26 heavy (non-hydrogen) atoms. The van der Waals surface area contributed by atoms with E-state index in [0.717, 1.165) is 22.3 Å². The average molecular weight is 350 g/mol. The fraction of sp³-hybridized carbons (Fsp3) is 0.200. The monoisotopic (exact) mass is 350 g/mol. The van der Waals surface area contributed by atoms with Crippen LogP contribution in [0, 0.1) is 13.8 Å². The molecule has 0 saturated carbocycles. The van der Waals surface area contributed by atoms with Crippen molar-refractivity contribution >= 4 is 24.2 Å². The molecular weight excluding hydrogens is 328 g/mol. The molecule has 0 bridgehead atoms. The zero-order valence-corrected chi connectivity index (χ0v) is 14.9. The van der Waals surface area contributed by atoms with Crippen LogP contribution in [-0.4, -0.2) is 24.2 Å². The van der Waals surface area contributed by atoms with Crippen molar-refractivity contribution in [1.29, 1.82) is 0 Å². The Morgan fingerprint density at radius 2 is 1.08 bits per heavy atom. The van der Waals surface area contributed by atoms with Gasteiger partial charge in [0.15, 0.2) is 0 Å². The molecule has 0 aliphatic carbocycles. The molecule has 0 spiro atoms. The van der Waals surface area contributed by atoms with Gasteiger partial charge in [-0.2, -0.15) is 10.2 Å². The lowest BCUT2D eigenvalue weighted by Crippen LogP contribution is -2.22. The molecule has 2 N–H and O–H groups in total. The predicted molar refractivity (Wildman–Crippen MR) is 103 cm³/mol. The summed E-state index contributed by atoms with van der Waals surface area (Å²) in [5.74, 6) is -0.656. The van der Waals surface area contributed by atoms with Gasteiger partial charge in [-0.05, 0) is 25.0 Å². The minimum absolute atomic E-state index is 0.0388. The highest BCUT2D eigenvalue weighted by molar-refractivity contribution is 5.86. The van der Waals surface area contributed by atoms with Gasteiger partial charge in [-0.15, -0.1) is 0 Å². The second-order valence-corrected chi connectivity index (χ2v) is 5.91. The Balaban J connectivity index is 1.67. The third-order valence-electron chi connectivity index (χ3n) is 3.54. The van der Waals surface area contributed by atoms with Gasteiger partial charge >= 0.3 is 0 Å². The number of carbonyl (C=O) groups excluding carboxylic acids is 2. The Kier molecular flexibility index (Phi) is 7.24. The summed E-state index contributed by atoms with van der Waals surface area (Å²) in [4.78, 5) is 23.4. The number of nitrogens with zero attached hydrogens (tertiary/aromatic N) is 2. The minimum Gasteiger partial charge on any atom is -0.273 e. The second kappa shape index (κ2) is 9.88. The van der Waals surface area contributed by atoms with Gasteiger partial charge < -0.3 is 0 Å². The Bertz CT molecular complexity index is 724. The third kappa shape index (κ3) is 7.09. The Morgan fingerprint density at radius 1 is 0.731 bits per heavy atom. The summed E-state index contributed by atoms with van der Waals surface area (Å²) < 4.78 is 0. The SMILES string of the molecule is Cc1ccc(/C=N\NC(=O)CCC(=O)N/N=C/c2ccc(C)cc2)cc1. The van der Waals surface area contributed by atoms with E-state index >= 15 is 0 Å². The number of rotatable bonds is 7. The lowest BCUT2D eigenvalue weighted by Gasteiger charge is -2.00. The fourth-order valence-electron chi connectivity index (χ4n) is 2.00. The van der Waals surface area contributed by atoms with Gasteiger partial charge in [0, 0.05) is 12.8 Å². The van der Waals surface area contributed by atoms with Crippen LogP contribution in [0.4, 0.5) is 0 Å². The van der Waals surface area contributed by atoms with Crippen molar-refractivity contribution in [3.63, 3.8) is 0 Å². The first-order valence-corrected chi connectivity index (χ1v) is 8.30. The number of hydrazone groups is 2. The van der Waals surface area contributed by atoms with Crippen LogP contribution in [0.25, 0.3) is 0 Å². The zero-order chi connectivity index (χ0) is 18.8. The number of aryl methyl sites for hydroxylation is 2. The van der Waals surface area contributed by atoms with Gasteiger partial charge in [0.25, 0.3) is 0 Å². The summed E-state index contributed by atoms with van der Waals surface area (Å²) in [5, 5.41) is 7.74. The normalized spacial score (nSPS) is 11.0. The van der Waals surface area contributed by atoms with Crippen LogP contribution >= 0.6 is 0 Å². The van der Waals surface area contributed by atoms with Gasteiger partial charge in [-0.3, -0.25) is 9.59 Å². The molecule has 2 rings (SSSR count). The molecule has 134 valence electrons. The van der Waals surface area contributed by atoms with Crippen LogP contribution in [0.15, 0.2) is 58.7 Å². The quantitative estimate of drug-likeness (QED) is 0.594. The lowest BCUT2D eigenvalue weighted by atomic mass is 10.2. The van der Waals surface area contributed by atoms with Crippen LogP contribution < -0.4 is 10.9 Å². The predicted octanol–water partition coefficient (Wildman–Crippen LogP) is 2.68. The van der Waals surface area contributed by atoms with Crippen molar-refractivity contribution in [3.8, 4) is 0 Å². The average Bonchev–Trinajstić information content (AvgIpc) is 2.63. The van der Waals surface area contributed by atoms with Crippen molar-refractivity contribution < 1.29 is 9.59 Å². The molecule has 0 saturated heterocycles. The van der Waals surface area contributed by atoms with Gasteiger partial charge in [-0.25, -0.2) is 10.9 Å². The van der Waals surface area contributed by atoms with E-state index < -0.39 is 0 Å². The van der Waals surface area contributed by atoms with Crippen LogP contribution in [-0.2, 0) is 9.59 Å². The Morgan fingerprint density at radius 3 is 1.42 bits per heavy atom. The molecule has 2 aromatic rings. The number of nitrogens with one attached hydrogen (secondary N) is 2. The molecule has 0 fully saturated rings. The molecule has 0 aromatic heterocycles. The molecule has 0 aliphatic heterocycles. The Labute approximate surface area is 153 Å². The lowest BCUT2D eigenvalue weighted by molar-refractivity contribution is -0.126. The van der Waals surface area contributed by atoms with Gasteiger partial charge in [0.05, 0.1) is 12.4 Å². The van der Waals surface area contributed by atoms with Gasteiger partial charge in [0.2, 0.25) is 11.8 Å². The molecule has 0 atom stereocenters. The maximum Gasteiger partial charge on any atom is 0.240 e. The maximum atomic E-state index is 11.7. The standard InChI is InChI=1S/C20H22N4O2/c1-15-3-7-17(8-4-15)13-21-23-19(25)11-12-20(26)24-22-14-18-9-5-16(2)6-10-18/h3-10,13-14H,11-12H2,1-2H3,(H,23,25)(H,24,26)/b21-13-,22-14+. The van der Waals surface area contributed by atoms with Crippen LogP contribution in [0.1, 0.15) is 35.1 Å². The highest BCUT2D eigenvalue weighted by Crippen LogP contribution is 2.01. The molecule has 2 amide bonds. The molecule has 0 radical (unpaired) electrons. The summed E-state index contributed by atoms with van der Waals surface area (Å²) in [7, 11) is 0. The molecular formula is C20H22N4O2. The van der Waals surface area contributed by atoms with Crippen molar-refractivity contribution in [2.45, 2.75) is 26.7 Å². The first-order chi connectivity index (χ1) is 12.5. The van der Waals surface area contributed by atoms with Crippen molar-refractivity contribution in [3.05, 3.63) is 70.8 Å². The van der Waals surface area contributed by atoms with E-state index in [2.05, 4.69) is 21.1 Å². The fourth-order valence-corrected chi connectivity index (χ4v) is 2.00. The molecule has 0 aliphatic rings. The molecule has 6 heteroatoms.